The number of aromatic nitrogens is 2. The number of alkyl halides is 1. The van der Waals surface area contributed by atoms with E-state index >= 15 is 0 Å². The van der Waals surface area contributed by atoms with Crippen LogP contribution < -0.4 is 5.32 Å². The topological polar surface area (TPSA) is 80.5 Å². The lowest BCUT2D eigenvalue weighted by Gasteiger charge is -2.24. The number of amides is 1. The van der Waals surface area contributed by atoms with Gasteiger partial charge >= 0.3 is 6.09 Å². The molecule has 22 heavy (non-hydrogen) atoms. The fourth-order valence-electron chi connectivity index (χ4n) is 2.43. The summed E-state index contributed by atoms with van der Waals surface area (Å²) in [4.78, 5) is 17.7. The summed E-state index contributed by atoms with van der Waals surface area (Å²) in [6.45, 7) is 8.12. The summed E-state index contributed by atoms with van der Waals surface area (Å²) in [5.74, 6) is 1.00. The molecule has 1 fully saturated rings. The Morgan fingerprint density at radius 3 is 2.86 bits per heavy atom. The largest absolute Gasteiger partial charge is 0.444 e. The lowest BCUT2D eigenvalue weighted by atomic mass is 10.2. The van der Waals surface area contributed by atoms with Crippen LogP contribution in [0.1, 0.15) is 38.9 Å². The van der Waals surface area contributed by atoms with Crippen LogP contribution in [-0.2, 0) is 11.3 Å². The minimum absolute atomic E-state index is 0.110. The third-order valence-corrected chi connectivity index (χ3v) is 3.27. The number of carbonyl (C=O) groups excluding carboxylic acids is 1. The first kappa shape index (κ1) is 16.7. The summed E-state index contributed by atoms with van der Waals surface area (Å²) in [5.41, 5.74) is -0.551. The van der Waals surface area contributed by atoms with Crippen LogP contribution in [-0.4, -0.2) is 52.0 Å². The predicted octanol–water partition coefficient (Wildman–Crippen LogP) is 1.82. The highest BCUT2D eigenvalue weighted by atomic mass is 19.1. The fraction of sp³-hybridized carbons (Fsp3) is 0.786. The summed E-state index contributed by atoms with van der Waals surface area (Å²) in [5, 5.41) is 6.51. The van der Waals surface area contributed by atoms with Gasteiger partial charge in [0.15, 0.2) is 5.82 Å². The molecule has 2 rings (SSSR count). The van der Waals surface area contributed by atoms with Crippen molar-refractivity contribution in [1.29, 1.82) is 0 Å². The molecular formula is C14H23FN4O3. The normalized spacial score (nSPS) is 22.8. The van der Waals surface area contributed by atoms with Gasteiger partial charge < -0.3 is 14.6 Å². The average Bonchev–Trinajstić information content (AvgIpc) is 2.91. The van der Waals surface area contributed by atoms with Crippen molar-refractivity contribution in [2.75, 3.05) is 13.1 Å². The summed E-state index contributed by atoms with van der Waals surface area (Å²) < 4.78 is 23.8. The molecule has 0 radical (unpaired) electrons. The van der Waals surface area contributed by atoms with Crippen LogP contribution in [0.3, 0.4) is 0 Å². The third kappa shape index (κ3) is 4.94. The number of hydrogen-bond acceptors (Lipinski definition) is 6. The Morgan fingerprint density at radius 1 is 1.55 bits per heavy atom. The van der Waals surface area contributed by atoms with Gasteiger partial charge in [-0.2, -0.15) is 4.98 Å². The number of aryl methyl sites for hydroxylation is 1. The van der Waals surface area contributed by atoms with Crippen molar-refractivity contribution >= 4 is 6.09 Å². The van der Waals surface area contributed by atoms with Crippen molar-refractivity contribution in [3.63, 3.8) is 0 Å². The highest BCUT2D eigenvalue weighted by Crippen LogP contribution is 2.21. The molecule has 0 spiro atoms. The molecule has 1 aromatic rings. The van der Waals surface area contributed by atoms with E-state index < -0.39 is 17.9 Å². The van der Waals surface area contributed by atoms with E-state index in [2.05, 4.69) is 15.5 Å². The SMILES string of the molecule is Cc1nc(CN2C[C@@H](F)C[C@H]2CNC(=O)OC(C)(C)C)no1. The Kier molecular flexibility index (Phi) is 5.00. The second-order valence-electron chi connectivity index (χ2n) is 6.53. The number of likely N-dealkylation sites (tertiary alicyclic amines) is 1. The molecule has 1 N–H and O–H groups in total. The van der Waals surface area contributed by atoms with Gasteiger partial charge in [-0.15, -0.1) is 0 Å². The number of carbonyl (C=O) groups is 1. The van der Waals surface area contributed by atoms with E-state index in [0.29, 0.717) is 37.8 Å². The molecule has 124 valence electrons. The highest BCUT2D eigenvalue weighted by molar-refractivity contribution is 5.67. The molecule has 2 atom stereocenters. The maximum atomic E-state index is 13.7. The molecule has 0 unspecified atom stereocenters. The lowest BCUT2D eigenvalue weighted by molar-refractivity contribution is 0.0512. The minimum Gasteiger partial charge on any atom is -0.444 e. The average molecular weight is 314 g/mol. The highest BCUT2D eigenvalue weighted by Gasteiger charge is 2.33. The van der Waals surface area contributed by atoms with Crippen molar-refractivity contribution < 1.29 is 18.4 Å². The maximum absolute atomic E-state index is 13.7. The molecule has 8 heteroatoms. The lowest BCUT2D eigenvalue weighted by Crippen LogP contribution is -2.41. The van der Waals surface area contributed by atoms with Crippen LogP contribution in [0.4, 0.5) is 9.18 Å². The first-order chi connectivity index (χ1) is 10.2. The van der Waals surface area contributed by atoms with E-state index in [1.54, 1.807) is 27.7 Å². The zero-order valence-electron chi connectivity index (χ0n) is 13.4. The standard InChI is InChI=1S/C14H23FN4O3/c1-9-17-12(18-22-9)8-19-7-10(15)5-11(19)6-16-13(20)21-14(2,3)4/h10-11H,5-8H2,1-4H3,(H,16,20)/t10-,11-/m0/s1. The van der Waals surface area contributed by atoms with E-state index in [0.717, 1.165) is 0 Å². The van der Waals surface area contributed by atoms with Crippen LogP contribution in [0.25, 0.3) is 0 Å². The van der Waals surface area contributed by atoms with Gasteiger partial charge in [-0.25, -0.2) is 9.18 Å². The molecule has 0 saturated carbocycles. The first-order valence-corrected chi connectivity index (χ1v) is 7.37. The van der Waals surface area contributed by atoms with Crippen molar-refractivity contribution in [2.45, 2.75) is 58.5 Å². The number of hydrogen-bond donors (Lipinski definition) is 1. The molecule has 1 aliphatic rings. The second-order valence-corrected chi connectivity index (χ2v) is 6.53. The molecule has 0 aromatic carbocycles. The maximum Gasteiger partial charge on any atom is 0.407 e. The van der Waals surface area contributed by atoms with Gasteiger partial charge in [-0.1, -0.05) is 5.16 Å². The number of nitrogens with zero attached hydrogens (tertiary/aromatic N) is 3. The van der Waals surface area contributed by atoms with Gasteiger partial charge in [-0.3, -0.25) is 4.90 Å². The summed E-state index contributed by atoms with van der Waals surface area (Å²) in [6, 6.07) is -0.110. The molecule has 0 bridgehead atoms. The van der Waals surface area contributed by atoms with Crippen molar-refractivity contribution in [3.05, 3.63) is 11.7 Å². The zero-order valence-corrected chi connectivity index (χ0v) is 13.4. The van der Waals surface area contributed by atoms with Crippen LogP contribution in [0.5, 0.6) is 0 Å². The van der Waals surface area contributed by atoms with Crippen LogP contribution >= 0.6 is 0 Å². The van der Waals surface area contributed by atoms with E-state index in [-0.39, 0.29) is 6.04 Å². The van der Waals surface area contributed by atoms with Crippen LogP contribution in [0, 0.1) is 6.92 Å². The Bertz CT molecular complexity index is 514. The first-order valence-electron chi connectivity index (χ1n) is 7.37. The Labute approximate surface area is 129 Å². The number of alkyl carbamates (subject to hydrolysis) is 1. The van der Waals surface area contributed by atoms with Gasteiger partial charge in [0.2, 0.25) is 5.89 Å². The van der Waals surface area contributed by atoms with E-state index in [1.165, 1.54) is 0 Å². The summed E-state index contributed by atoms with van der Waals surface area (Å²) in [7, 11) is 0. The van der Waals surface area contributed by atoms with E-state index in [9.17, 15) is 9.18 Å². The van der Waals surface area contributed by atoms with Crippen LogP contribution in [0.2, 0.25) is 0 Å². The molecule has 7 nitrogen and oxygen atoms in total. The van der Waals surface area contributed by atoms with Crippen LogP contribution in [0.15, 0.2) is 4.52 Å². The van der Waals surface area contributed by atoms with Gasteiger partial charge in [0.1, 0.15) is 11.8 Å². The van der Waals surface area contributed by atoms with Gasteiger partial charge in [0, 0.05) is 26.1 Å². The molecule has 1 aromatic heterocycles. The Morgan fingerprint density at radius 2 is 2.27 bits per heavy atom. The molecule has 1 aliphatic heterocycles. The molecule has 2 heterocycles. The van der Waals surface area contributed by atoms with Crippen molar-refractivity contribution in [3.8, 4) is 0 Å². The summed E-state index contributed by atoms with van der Waals surface area (Å²) >= 11 is 0. The monoisotopic (exact) mass is 314 g/mol. The smallest absolute Gasteiger partial charge is 0.407 e. The third-order valence-electron chi connectivity index (χ3n) is 3.27. The van der Waals surface area contributed by atoms with Crippen molar-refractivity contribution in [2.24, 2.45) is 0 Å². The van der Waals surface area contributed by atoms with Crippen molar-refractivity contribution in [1.82, 2.24) is 20.4 Å². The van der Waals surface area contributed by atoms with E-state index in [1.807, 2.05) is 4.90 Å². The second kappa shape index (κ2) is 6.60. The molecule has 1 amide bonds. The van der Waals surface area contributed by atoms with Gasteiger partial charge in [0.25, 0.3) is 0 Å². The fourth-order valence-corrected chi connectivity index (χ4v) is 2.43. The number of ether oxygens (including phenoxy) is 1. The van der Waals surface area contributed by atoms with Gasteiger partial charge in [0.05, 0.1) is 6.54 Å². The zero-order chi connectivity index (χ0) is 16.3. The number of halogens is 1. The number of rotatable bonds is 4. The van der Waals surface area contributed by atoms with E-state index in [4.69, 9.17) is 9.26 Å². The molecule has 0 aliphatic carbocycles. The molecular weight excluding hydrogens is 291 g/mol. The quantitative estimate of drug-likeness (QED) is 0.913. The van der Waals surface area contributed by atoms with Gasteiger partial charge in [-0.05, 0) is 27.2 Å². The Hall–Kier alpha value is -1.70. The molecule has 1 saturated heterocycles. The minimum atomic E-state index is -0.918. The number of nitrogens with one attached hydrogen (secondary N) is 1. The predicted molar refractivity (Wildman–Crippen MR) is 77.0 cm³/mol. The Balaban J connectivity index is 1.86. The summed E-state index contributed by atoms with van der Waals surface area (Å²) in [6.07, 6.45) is -1.05.